The minimum atomic E-state index is -0.00315. The fraction of sp³-hybridized carbons (Fsp3) is 0.833. The monoisotopic (exact) mass is 210 g/mol. The van der Waals surface area contributed by atoms with E-state index in [-0.39, 0.29) is 12.3 Å². The van der Waals surface area contributed by atoms with Crippen LogP contribution in [0, 0.1) is 17.2 Å². The summed E-state index contributed by atoms with van der Waals surface area (Å²) in [6.45, 7) is 7.89. The number of nitrogens with zero attached hydrogens (tertiary/aromatic N) is 2. The second kappa shape index (κ2) is 8.28. The summed E-state index contributed by atoms with van der Waals surface area (Å²) in [6, 6.07) is 1.91. The van der Waals surface area contributed by atoms with Gasteiger partial charge < -0.3 is 4.90 Å². The molecule has 0 spiro atoms. The summed E-state index contributed by atoms with van der Waals surface area (Å²) in [5.74, 6) is 0.719. The average Bonchev–Trinajstić information content (AvgIpc) is 2.46. The first-order valence-corrected chi connectivity index (χ1v) is 5.88. The molecular formula is C12H22N2O. The van der Waals surface area contributed by atoms with Crippen LogP contribution in [0.15, 0.2) is 0 Å². The molecule has 15 heavy (non-hydrogen) atoms. The predicted octanol–water partition coefficient (Wildman–Crippen LogP) is 2.57. The smallest absolute Gasteiger partial charge is 0.236 e. The molecule has 0 N–H and O–H groups in total. The van der Waals surface area contributed by atoms with Gasteiger partial charge in [-0.15, -0.1) is 0 Å². The fourth-order valence-electron chi connectivity index (χ4n) is 1.69. The topological polar surface area (TPSA) is 44.1 Å². The molecule has 3 nitrogen and oxygen atoms in total. The molecule has 1 fully saturated rings. The number of carbonyl (C=O) groups is 1. The van der Waals surface area contributed by atoms with Gasteiger partial charge in [-0.25, -0.2) is 0 Å². The zero-order valence-corrected chi connectivity index (χ0v) is 10.1. The van der Waals surface area contributed by atoms with Gasteiger partial charge >= 0.3 is 0 Å². The molecule has 0 bridgehead atoms. The van der Waals surface area contributed by atoms with E-state index in [0.29, 0.717) is 0 Å². The van der Waals surface area contributed by atoms with E-state index in [9.17, 15) is 4.79 Å². The van der Waals surface area contributed by atoms with Crippen molar-refractivity contribution >= 4 is 5.91 Å². The average molecular weight is 210 g/mol. The zero-order valence-electron chi connectivity index (χ0n) is 10.1. The Morgan fingerprint density at radius 3 is 2.67 bits per heavy atom. The molecule has 0 aliphatic carbocycles. The van der Waals surface area contributed by atoms with Crippen LogP contribution in [0.5, 0.6) is 0 Å². The number of nitriles is 1. The van der Waals surface area contributed by atoms with E-state index in [2.05, 4.69) is 6.92 Å². The quantitative estimate of drug-likeness (QED) is 0.667. The van der Waals surface area contributed by atoms with Gasteiger partial charge in [-0.1, -0.05) is 20.8 Å². The lowest BCUT2D eigenvalue weighted by Crippen LogP contribution is -2.31. The number of hydrogen-bond acceptors (Lipinski definition) is 2. The maximum absolute atomic E-state index is 11.4. The van der Waals surface area contributed by atoms with Crippen molar-refractivity contribution in [3.05, 3.63) is 0 Å². The van der Waals surface area contributed by atoms with E-state index < -0.39 is 0 Å². The van der Waals surface area contributed by atoms with Gasteiger partial charge in [0.05, 0.1) is 6.07 Å². The molecule has 0 aromatic carbocycles. The Morgan fingerprint density at radius 2 is 2.07 bits per heavy atom. The highest BCUT2D eigenvalue weighted by atomic mass is 16.2. The van der Waals surface area contributed by atoms with Crippen LogP contribution in [-0.2, 0) is 4.79 Å². The number of rotatable bonds is 1. The minimum absolute atomic E-state index is 0.00315. The maximum atomic E-state index is 11.4. The summed E-state index contributed by atoms with van der Waals surface area (Å²) in [6.07, 6.45) is 3.40. The predicted molar refractivity (Wildman–Crippen MR) is 61.2 cm³/mol. The summed E-state index contributed by atoms with van der Waals surface area (Å²) in [5, 5.41) is 8.39. The summed E-state index contributed by atoms with van der Waals surface area (Å²) in [5.41, 5.74) is 0. The van der Waals surface area contributed by atoms with Crippen molar-refractivity contribution in [1.82, 2.24) is 4.90 Å². The van der Waals surface area contributed by atoms with Crippen LogP contribution in [0.2, 0.25) is 0 Å². The molecule has 1 atom stereocenters. The highest BCUT2D eigenvalue weighted by molar-refractivity contribution is 5.78. The summed E-state index contributed by atoms with van der Waals surface area (Å²) in [7, 11) is 0. The number of carbonyl (C=O) groups excluding carboxylic acids is 1. The number of hydrogen-bond donors (Lipinski definition) is 0. The van der Waals surface area contributed by atoms with Crippen LogP contribution in [-0.4, -0.2) is 23.9 Å². The molecule has 0 saturated carbocycles. The van der Waals surface area contributed by atoms with Gasteiger partial charge in [0.2, 0.25) is 5.91 Å². The molecular weight excluding hydrogens is 188 g/mol. The van der Waals surface area contributed by atoms with Crippen LogP contribution in [0.4, 0.5) is 0 Å². The highest BCUT2D eigenvalue weighted by Crippen LogP contribution is 2.16. The van der Waals surface area contributed by atoms with Crippen LogP contribution in [0.1, 0.15) is 46.5 Å². The normalized spacial score (nSPS) is 20.7. The first-order valence-electron chi connectivity index (χ1n) is 5.88. The lowest BCUT2D eigenvalue weighted by Gasteiger charge is -2.18. The van der Waals surface area contributed by atoms with Crippen molar-refractivity contribution in [2.45, 2.75) is 46.5 Å². The first-order chi connectivity index (χ1) is 7.24. The lowest BCUT2D eigenvalue weighted by atomic mass is 10.0. The Balaban J connectivity index is 0.000000921. The van der Waals surface area contributed by atoms with E-state index in [1.807, 2.05) is 24.8 Å². The Labute approximate surface area is 93.1 Å². The molecule has 1 aliphatic rings. The highest BCUT2D eigenvalue weighted by Gasteiger charge is 2.17. The zero-order chi connectivity index (χ0) is 11.7. The third-order valence-corrected chi connectivity index (χ3v) is 2.60. The minimum Gasteiger partial charge on any atom is -0.342 e. The third-order valence-electron chi connectivity index (χ3n) is 2.60. The van der Waals surface area contributed by atoms with E-state index in [0.717, 1.165) is 31.8 Å². The van der Waals surface area contributed by atoms with Crippen LogP contribution in [0.3, 0.4) is 0 Å². The molecule has 86 valence electrons. The maximum Gasteiger partial charge on any atom is 0.236 e. The van der Waals surface area contributed by atoms with Gasteiger partial charge in [0, 0.05) is 13.1 Å². The number of likely N-dealkylation sites (tertiary alicyclic amines) is 1. The summed E-state index contributed by atoms with van der Waals surface area (Å²) < 4.78 is 0. The third kappa shape index (κ3) is 5.41. The van der Waals surface area contributed by atoms with Crippen molar-refractivity contribution in [3.63, 3.8) is 0 Å². The Bertz CT molecular complexity index is 220. The molecule has 0 aromatic heterocycles. The summed E-state index contributed by atoms with van der Waals surface area (Å²) in [4.78, 5) is 13.2. The van der Waals surface area contributed by atoms with Crippen LogP contribution in [0.25, 0.3) is 0 Å². The van der Waals surface area contributed by atoms with E-state index >= 15 is 0 Å². The van der Waals surface area contributed by atoms with Gasteiger partial charge in [0.1, 0.15) is 6.42 Å². The summed E-state index contributed by atoms with van der Waals surface area (Å²) >= 11 is 0. The lowest BCUT2D eigenvalue weighted by molar-refractivity contribution is -0.130. The largest absolute Gasteiger partial charge is 0.342 e. The van der Waals surface area contributed by atoms with Gasteiger partial charge in [0.15, 0.2) is 0 Å². The van der Waals surface area contributed by atoms with Gasteiger partial charge in [-0.3, -0.25) is 4.79 Å². The first kappa shape index (κ1) is 14.0. The van der Waals surface area contributed by atoms with Gasteiger partial charge in [-0.2, -0.15) is 5.26 Å². The molecule has 0 aromatic rings. The molecule has 1 rings (SSSR count). The Hall–Kier alpha value is -1.04. The molecule has 1 heterocycles. The van der Waals surface area contributed by atoms with Crippen molar-refractivity contribution in [3.8, 4) is 6.07 Å². The Kier molecular flexibility index (Phi) is 7.71. The van der Waals surface area contributed by atoms with E-state index in [4.69, 9.17) is 5.26 Å². The van der Waals surface area contributed by atoms with Crippen molar-refractivity contribution in [2.24, 2.45) is 5.92 Å². The second-order valence-electron chi connectivity index (χ2n) is 3.75. The number of amides is 1. The molecule has 0 radical (unpaired) electrons. The standard InChI is InChI=1S/C10H16N2O.C2H6/c1-9-3-2-7-12(8-5-9)10(13)4-6-11;1-2/h9H,2-5,7-8H2,1H3;1-2H3. The molecule has 1 unspecified atom stereocenters. The van der Waals surface area contributed by atoms with Gasteiger partial charge in [-0.05, 0) is 25.2 Å². The van der Waals surface area contributed by atoms with Crippen LogP contribution < -0.4 is 0 Å². The Morgan fingerprint density at radius 1 is 1.40 bits per heavy atom. The second-order valence-corrected chi connectivity index (χ2v) is 3.75. The van der Waals surface area contributed by atoms with E-state index in [1.165, 1.54) is 6.42 Å². The molecule has 3 heteroatoms. The molecule has 1 amide bonds. The van der Waals surface area contributed by atoms with Crippen LogP contribution >= 0.6 is 0 Å². The molecule has 1 saturated heterocycles. The fourth-order valence-corrected chi connectivity index (χ4v) is 1.69. The van der Waals surface area contributed by atoms with Gasteiger partial charge in [0.25, 0.3) is 0 Å². The van der Waals surface area contributed by atoms with Crippen molar-refractivity contribution < 1.29 is 4.79 Å². The van der Waals surface area contributed by atoms with Crippen molar-refractivity contribution in [2.75, 3.05) is 13.1 Å². The SMILES string of the molecule is CC.CC1CCCN(C(=O)CC#N)CC1. The van der Waals surface area contributed by atoms with E-state index in [1.54, 1.807) is 0 Å². The molecule has 1 aliphatic heterocycles. The van der Waals surface area contributed by atoms with Crippen molar-refractivity contribution in [1.29, 1.82) is 5.26 Å².